The predicted octanol–water partition coefficient (Wildman–Crippen LogP) is 4.66. The third kappa shape index (κ3) is 3.21. The van der Waals surface area contributed by atoms with E-state index in [-0.39, 0.29) is 5.69 Å². The largest absolute Gasteiger partial charge is 0.306 e. The van der Waals surface area contributed by atoms with Crippen molar-refractivity contribution in [2.75, 3.05) is 0 Å². The molecule has 2 aromatic carbocycles. The molecule has 0 fully saturated rings. The Morgan fingerprint density at radius 3 is 2.77 bits per heavy atom. The van der Waals surface area contributed by atoms with Gasteiger partial charge in [-0.25, -0.2) is 4.98 Å². The zero-order valence-electron chi connectivity index (χ0n) is 13.7. The Labute approximate surface area is 149 Å². The van der Waals surface area contributed by atoms with Crippen molar-refractivity contribution in [2.45, 2.75) is 0 Å². The van der Waals surface area contributed by atoms with Gasteiger partial charge in [0.25, 0.3) is 5.69 Å². The first-order chi connectivity index (χ1) is 12.7. The monoisotopic (exact) mass is 342 g/mol. The van der Waals surface area contributed by atoms with Crippen LogP contribution in [0, 0.1) is 10.1 Å². The molecule has 4 rings (SSSR count). The molecule has 0 spiro atoms. The number of hydrogen-bond donors (Lipinski definition) is 0. The van der Waals surface area contributed by atoms with Crippen molar-refractivity contribution in [1.82, 2.24) is 9.38 Å². The maximum absolute atomic E-state index is 10.9. The van der Waals surface area contributed by atoms with Crippen LogP contribution in [0.2, 0.25) is 0 Å². The molecule has 0 amide bonds. The molecule has 0 saturated carbocycles. The van der Waals surface area contributed by atoms with Crippen molar-refractivity contribution >= 4 is 23.2 Å². The van der Waals surface area contributed by atoms with Gasteiger partial charge in [-0.05, 0) is 29.8 Å². The van der Waals surface area contributed by atoms with Gasteiger partial charge in [-0.1, -0.05) is 30.3 Å². The molecule has 6 heteroatoms. The molecule has 0 aliphatic heterocycles. The topological polar surface area (TPSA) is 72.8 Å². The first-order valence-corrected chi connectivity index (χ1v) is 8.02. The summed E-state index contributed by atoms with van der Waals surface area (Å²) in [6.07, 6.45) is 5.55. The summed E-state index contributed by atoms with van der Waals surface area (Å²) in [5.41, 5.74) is 4.19. The molecule has 0 saturated heterocycles. The van der Waals surface area contributed by atoms with Crippen LogP contribution in [-0.4, -0.2) is 20.5 Å². The molecule has 0 N–H and O–H groups in total. The normalized spacial score (nSPS) is 11.2. The van der Waals surface area contributed by atoms with E-state index in [1.807, 2.05) is 59.3 Å². The number of non-ortho nitro benzene ring substituents is 1. The summed E-state index contributed by atoms with van der Waals surface area (Å²) in [5.74, 6) is 0. The van der Waals surface area contributed by atoms with Crippen LogP contribution >= 0.6 is 0 Å². The van der Waals surface area contributed by atoms with Gasteiger partial charge in [0.05, 0.1) is 16.3 Å². The van der Waals surface area contributed by atoms with E-state index >= 15 is 0 Å². The highest BCUT2D eigenvalue weighted by Gasteiger charge is 2.06. The van der Waals surface area contributed by atoms with Crippen molar-refractivity contribution in [3.05, 3.63) is 94.8 Å². The highest BCUT2D eigenvalue weighted by atomic mass is 16.6. The van der Waals surface area contributed by atoms with Crippen LogP contribution in [0.3, 0.4) is 0 Å². The lowest BCUT2D eigenvalue weighted by Crippen LogP contribution is -1.89. The lowest BCUT2D eigenvalue weighted by atomic mass is 10.1. The molecule has 0 bridgehead atoms. The number of aliphatic imine (C=N–C) groups is 1. The maximum Gasteiger partial charge on any atom is 0.270 e. The summed E-state index contributed by atoms with van der Waals surface area (Å²) in [5, 5.41) is 10.9. The van der Waals surface area contributed by atoms with Gasteiger partial charge < -0.3 is 4.40 Å². The van der Waals surface area contributed by atoms with Crippen LogP contribution in [0.25, 0.3) is 16.9 Å². The van der Waals surface area contributed by atoms with Crippen LogP contribution < -0.4 is 0 Å². The lowest BCUT2D eigenvalue weighted by Gasteiger charge is -1.99. The predicted molar refractivity (Wildman–Crippen MR) is 101 cm³/mol. The van der Waals surface area contributed by atoms with E-state index in [2.05, 4.69) is 9.98 Å². The molecule has 0 unspecified atom stereocenters. The van der Waals surface area contributed by atoms with E-state index in [0.717, 1.165) is 22.6 Å². The van der Waals surface area contributed by atoms with Gasteiger partial charge >= 0.3 is 0 Å². The van der Waals surface area contributed by atoms with E-state index in [1.54, 1.807) is 18.3 Å². The van der Waals surface area contributed by atoms with Gasteiger partial charge in [0.1, 0.15) is 5.65 Å². The number of benzene rings is 2. The lowest BCUT2D eigenvalue weighted by molar-refractivity contribution is -0.384. The number of nitro groups is 1. The van der Waals surface area contributed by atoms with Crippen LogP contribution in [0.5, 0.6) is 0 Å². The van der Waals surface area contributed by atoms with Gasteiger partial charge in [0.2, 0.25) is 0 Å². The van der Waals surface area contributed by atoms with Crippen LogP contribution in [0.4, 0.5) is 11.4 Å². The molecule has 0 aliphatic carbocycles. The van der Waals surface area contributed by atoms with Crippen molar-refractivity contribution in [2.24, 2.45) is 4.99 Å². The SMILES string of the molecule is O=[N+]([O-])c1cccc(C=Nc2cccc(-c3cn4ccccc4n3)c2)c1. The molecule has 26 heavy (non-hydrogen) atoms. The van der Waals surface area contributed by atoms with Gasteiger partial charge in [-0.3, -0.25) is 15.1 Å². The minimum Gasteiger partial charge on any atom is -0.306 e. The highest BCUT2D eigenvalue weighted by molar-refractivity contribution is 5.83. The fourth-order valence-electron chi connectivity index (χ4n) is 2.69. The summed E-state index contributed by atoms with van der Waals surface area (Å²) in [6, 6.07) is 20.0. The Kier molecular flexibility index (Phi) is 3.99. The first kappa shape index (κ1) is 15.7. The summed E-state index contributed by atoms with van der Waals surface area (Å²) in [6.45, 7) is 0. The Morgan fingerprint density at radius 1 is 1.04 bits per heavy atom. The Hall–Kier alpha value is -3.80. The number of hydrogen-bond acceptors (Lipinski definition) is 4. The molecule has 6 nitrogen and oxygen atoms in total. The summed E-state index contributed by atoms with van der Waals surface area (Å²) in [4.78, 5) is 19.5. The molecule has 2 heterocycles. The molecule has 4 aromatic rings. The number of fused-ring (bicyclic) bond motifs is 1. The Morgan fingerprint density at radius 2 is 1.92 bits per heavy atom. The van der Waals surface area contributed by atoms with Crippen LogP contribution in [0.1, 0.15) is 5.56 Å². The maximum atomic E-state index is 10.9. The minimum atomic E-state index is -0.415. The minimum absolute atomic E-state index is 0.0485. The molecule has 2 aromatic heterocycles. The molecule has 126 valence electrons. The average Bonchev–Trinajstić information content (AvgIpc) is 3.11. The zero-order valence-corrected chi connectivity index (χ0v) is 13.7. The van der Waals surface area contributed by atoms with Crippen molar-refractivity contribution in [3.8, 4) is 11.3 Å². The molecule has 0 aliphatic rings. The van der Waals surface area contributed by atoms with Crippen LogP contribution in [-0.2, 0) is 0 Å². The van der Waals surface area contributed by atoms with E-state index in [4.69, 9.17) is 0 Å². The third-order valence-corrected chi connectivity index (χ3v) is 3.95. The second-order valence-corrected chi connectivity index (χ2v) is 5.75. The number of aromatic nitrogens is 2. The van der Waals surface area contributed by atoms with E-state index in [0.29, 0.717) is 5.56 Å². The number of rotatable bonds is 4. The molecule has 0 atom stereocenters. The standard InChI is InChI=1S/C20H14N4O2/c25-24(26)18-8-3-5-15(11-18)13-21-17-7-4-6-16(12-17)19-14-23-10-2-1-9-20(23)22-19/h1-14H. The summed E-state index contributed by atoms with van der Waals surface area (Å²) < 4.78 is 1.97. The first-order valence-electron chi connectivity index (χ1n) is 8.02. The Balaban J connectivity index is 1.63. The van der Waals surface area contributed by atoms with Gasteiger partial charge in [0, 0.05) is 36.3 Å². The molecular weight excluding hydrogens is 328 g/mol. The molecular formula is C20H14N4O2. The average molecular weight is 342 g/mol. The number of imidazole rings is 1. The van der Waals surface area contributed by atoms with E-state index in [9.17, 15) is 10.1 Å². The van der Waals surface area contributed by atoms with Gasteiger partial charge in [-0.15, -0.1) is 0 Å². The summed E-state index contributed by atoms with van der Waals surface area (Å²) >= 11 is 0. The number of nitro benzene ring substituents is 1. The second-order valence-electron chi connectivity index (χ2n) is 5.75. The summed E-state index contributed by atoms with van der Waals surface area (Å²) in [7, 11) is 0. The van der Waals surface area contributed by atoms with Crippen LogP contribution in [0.15, 0.2) is 84.1 Å². The Bertz CT molecular complexity index is 1100. The van der Waals surface area contributed by atoms with Crippen molar-refractivity contribution in [1.29, 1.82) is 0 Å². The van der Waals surface area contributed by atoms with Crippen molar-refractivity contribution < 1.29 is 4.92 Å². The zero-order chi connectivity index (χ0) is 17.9. The quantitative estimate of drug-likeness (QED) is 0.307. The number of pyridine rings is 1. The fraction of sp³-hybridized carbons (Fsp3) is 0. The smallest absolute Gasteiger partial charge is 0.270 e. The van der Waals surface area contributed by atoms with E-state index in [1.165, 1.54) is 12.1 Å². The fourth-order valence-corrected chi connectivity index (χ4v) is 2.69. The van der Waals surface area contributed by atoms with Gasteiger partial charge in [0.15, 0.2) is 0 Å². The van der Waals surface area contributed by atoms with Gasteiger partial charge in [-0.2, -0.15) is 0 Å². The van der Waals surface area contributed by atoms with Crippen molar-refractivity contribution in [3.63, 3.8) is 0 Å². The number of nitrogens with zero attached hydrogens (tertiary/aromatic N) is 4. The molecule has 0 radical (unpaired) electrons. The highest BCUT2D eigenvalue weighted by Crippen LogP contribution is 2.24. The second kappa shape index (κ2) is 6.60. The third-order valence-electron chi connectivity index (χ3n) is 3.95. The van der Waals surface area contributed by atoms with E-state index < -0.39 is 4.92 Å².